The van der Waals surface area contributed by atoms with Gasteiger partial charge in [0, 0.05) is 43.8 Å². The summed E-state index contributed by atoms with van der Waals surface area (Å²) >= 11 is 0. The monoisotopic (exact) mass is 892 g/mol. The maximum absolute atomic E-state index is 6.40. The number of fused-ring (bicyclic) bond motifs is 8. The van der Waals surface area contributed by atoms with E-state index in [-0.39, 0.29) is 0 Å². The predicted molar refractivity (Wildman–Crippen MR) is 289 cm³/mol. The SMILES string of the molecule is c1ccc(-c2ccccc2-c2nc(-c3ccc(-n4c5cc6ccccc6cc5c5cc6ccccc6cc54)c(-c4ccc5oc6ccccc6c5c4)c3)nc(-c3ccccc3-c3ccccc3)n2)cc1. The summed E-state index contributed by atoms with van der Waals surface area (Å²) in [4.78, 5) is 16.2. The number of hydrogen-bond acceptors (Lipinski definition) is 4. The summed E-state index contributed by atoms with van der Waals surface area (Å²) < 4.78 is 8.85. The van der Waals surface area contributed by atoms with Crippen molar-refractivity contribution in [1.82, 2.24) is 19.5 Å². The summed E-state index contributed by atoms with van der Waals surface area (Å²) in [5.41, 5.74) is 14.1. The van der Waals surface area contributed by atoms with Crippen LogP contribution in [0, 0.1) is 0 Å². The van der Waals surface area contributed by atoms with Crippen molar-refractivity contribution in [3.05, 3.63) is 243 Å². The second-order valence-corrected chi connectivity index (χ2v) is 17.9. The molecule has 0 fully saturated rings. The number of hydrogen-bond donors (Lipinski definition) is 0. The van der Waals surface area contributed by atoms with Gasteiger partial charge >= 0.3 is 0 Å². The Kier molecular flexibility index (Phi) is 9.14. The lowest BCUT2D eigenvalue weighted by atomic mass is 9.97. The molecular formula is C65H40N4O. The number of benzene rings is 11. The van der Waals surface area contributed by atoms with Gasteiger partial charge in [-0.25, -0.2) is 15.0 Å². The van der Waals surface area contributed by atoms with Crippen LogP contribution >= 0.6 is 0 Å². The van der Waals surface area contributed by atoms with Crippen molar-refractivity contribution in [2.75, 3.05) is 0 Å². The van der Waals surface area contributed by atoms with E-state index in [1.807, 2.05) is 24.3 Å². The first-order valence-electron chi connectivity index (χ1n) is 23.7. The first kappa shape index (κ1) is 39.7. The Morgan fingerprint density at radius 2 is 0.729 bits per heavy atom. The molecule has 3 heterocycles. The van der Waals surface area contributed by atoms with Gasteiger partial charge in [0.15, 0.2) is 17.5 Å². The summed E-state index contributed by atoms with van der Waals surface area (Å²) in [5.74, 6) is 1.77. The molecule has 0 saturated carbocycles. The zero-order valence-corrected chi connectivity index (χ0v) is 37.8. The van der Waals surface area contributed by atoms with Crippen LogP contribution in [0.15, 0.2) is 247 Å². The van der Waals surface area contributed by atoms with E-state index in [0.29, 0.717) is 17.5 Å². The average Bonchev–Trinajstić information content (AvgIpc) is 3.96. The molecule has 14 rings (SSSR count). The van der Waals surface area contributed by atoms with E-state index < -0.39 is 0 Å². The number of para-hydroxylation sites is 1. The van der Waals surface area contributed by atoms with Crippen LogP contribution in [-0.4, -0.2) is 19.5 Å². The number of aromatic nitrogens is 4. The highest BCUT2D eigenvalue weighted by Crippen LogP contribution is 2.43. The summed E-state index contributed by atoms with van der Waals surface area (Å²) in [7, 11) is 0. The Morgan fingerprint density at radius 3 is 1.31 bits per heavy atom. The Balaban J connectivity index is 1.06. The average molecular weight is 893 g/mol. The van der Waals surface area contributed by atoms with Gasteiger partial charge in [-0.3, -0.25) is 0 Å². The molecule has 5 nitrogen and oxygen atoms in total. The van der Waals surface area contributed by atoms with Gasteiger partial charge in [-0.15, -0.1) is 0 Å². The van der Waals surface area contributed by atoms with Crippen LogP contribution in [0.1, 0.15) is 0 Å². The van der Waals surface area contributed by atoms with E-state index >= 15 is 0 Å². The van der Waals surface area contributed by atoms with Crippen LogP contribution in [0.3, 0.4) is 0 Å². The molecule has 0 aliphatic carbocycles. The quantitative estimate of drug-likeness (QED) is 0.160. The Bertz CT molecular complexity index is 4170. The molecule has 14 aromatic rings. The highest BCUT2D eigenvalue weighted by molar-refractivity contribution is 6.17. The molecule has 0 atom stereocenters. The third-order valence-electron chi connectivity index (χ3n) is 13.8. The van der Waals surface area contributed by atoms with E-state index in [2.05, 4.69) is 223 Å². The van der Waals surface area contributed by atoms with E-state index in [9.17, 15) is 0 Å². The Labute approximate surface area is 403 Å². The van der Waals surface area contributed by atoms with Crippen molar-refractivity contribution >= 4 is 65.3 Å². The minimum atomic E-state index is 0.576. The molecule has 0 saturated heterocycles. The summed E-state index contributed by atoms with van der Waals surface area (Å²) in [6, 6.07) is 85.9. The van der Waals surface area contributed by atoms with Crippen LogP contribution in [0.25, 0.3) is 139 Å². The molecule has 5 heteroatoms. The Hall–Kier alpha value is -9.45. The van der Waals surface area contributed by atoms with Crippen LogP contribution in [-0.2, 0) is 0 Å². The van der Waals surface area contributed by atoms with Gasteiger partial charge in [-0.05, 0) is 110 Å². The molecule has 3 aromatic heterocycles. The molecule has 0 unspecified atom stereocenters. The second-order valence-electron chi connectivity index (χ2n) is 17.9. The van der Waals surface area contributed by atoms with E-state index in [4.69, 9.17) is 19.4 Å². The van der Waals surface area contributed by atoms with Gasteiger partial charge in [-0.2, -0.15) is 0 Å². The van der Waals surface area contributed by atoms with Gasteiger partial charge < -0.3 is 8.98 Å². The fourth-order valence-corrected chi connectivity index (χ4v) is 10.5. The third kappa shape index (κ3) is 6.59. The normalized spacial score (nSPS) is 11.7. The van der Waals surface area contributed by atoms with Crippen molar-refractivity contribution in [3.63, 3.8) is 0 Å². The highest BCUT2D eigenvalue weighted by atomic mass is 16.3. The zero-order valence-electron chi connectivity index (χ0n) is 37.8. The zero-order chi connectivity index (χ0) is 46.1. The smallest absolute Gasteiger partial charge is 0.164 e. The van der Waals surface area contributed by atoms with Crippen LogP contribution in [0.4, 0.5) is 0 Å². The Morgan fingerprint density at radius 1 is 0.271 bits per heavy atom. The van der Waals surface area contributed by atoms with Gasteiger partial charge in [0.05, 0.1) is 16.7 Å². The van der Waals surface area contributed by atoms with Crippen LogP contribution in [0.5, 0.6) is 0 Å². The molecule has 0 N–H and O–H groups in total. The fraction of sp³-hybridized carbons (Fsp3) is 0. The predicted octanol–water partition coefficient (Wildman–Crippen LogP) is 17.2. The minimum absolute atomic E-state index is 0.576. The highest BCUT2D eigenvalue weighted by Gasteiger charge is 2.22. The summed E-state index contributed by atoms with van der Waals surface area (Å²) in [6.45, 7) is 0. The molecule has 0 amide bonds. The van der Waals surface area contributed by atoms with Crippen molar-refractivity contribution in [2.24, 2.45) is 0 Å². The molecule has 0 aliphatic rings. The fourth-order valence-electron chi connectivity index (χ4n) is 10.5. The molecule has 0 spiro atoms. The lowest BCUT2D eigenvalue weighted by Crippen LogP contribution is -2.03. The van der Waals surface area contributed by atoms with Gasteiger partial charge in [0.1, 0.15) is 11.2 Å². The van der Waals surface area contributed by atoms with Crippen LogP contribution in [0.2, 0.25) is 0 Å². The minimum Gasteiger partial charge on any atom is -0.456 e. The topological polar surface area (TPSA) is 56.7 Å². The molecule has 0 radical (unpaired) electrons. The third-order valence-corrected chi connectivity index (χ3v) is 13.8. The first-order valence-corrected chi connectivity index (χ1v) is 23.7. The molecule has 326 valence electrons. The number of furan rings is 1. The van der Waals surface area contributed by atoms with E-state index in [1.54, 1.807) is 0 Å². The first-order chi connectivity index (χ1) is 34.7. The van der Waals surface area contributed by atoms with Crippen molar-refractivity contribution in [2.45, 2.75) is 0 Å². The number of rotatable bonds is 7. The lowest BCUT2D eigenvalue weighted by Gasteiger charge is -2.17. The van der Waals surface area contributed by atoms with Gasteiger partial charge in [-0.1, -0.05) is 182 Å². The van der Waals surface area contributed by atoms with Gasteiger partial charge in [0.25, 0.3) is 0 Å². The molecule has 70 heavy (non-hydrogen) atoms. The molecule has 11 aromatic carbocycles. The van der Waals surface area contributed by atoms with Crippen molar-refractivity contribution < 1.29 is 4.42 Å². The molecule has 0 aliphatic heterocycles. The van der Waals surface area contributed by atoms with Crippen molar-refractivity contribution in [3.8, 4) is 73.2 Å². The summed E-state index contributed by atoms with van der Waals surface area (Å²) in [5, 5.41) is 9.32. The van der Waals surface area contributed by atoms with Crippen LogP contribution < -0.4 is 0 Å². The van der Waals surface area contributed by atoms with E-state index in [0.717, 1.165) is 88.7 Å². The second kappa shape index (κ2) is 16.1. The number of nitrogens with zero attached hydrogens (tertiary/aromatic N) is 4. The molecular weight excluding hydrogens is 853 g/mol. The van der Waals surface area contributed by atoms with Crippen molar-refractivity contribution in [1.29, 1.82) is 0 Å². The summed E-state index contributed by atoms with van der Waals surface area (Å²) in [6.07, 6.45) is 0. The van der Waals surface area contributed by atoms with E-state index in [1.165, 1.54) is 32.3 Å². The van der Waals surface area contributed by atoms with Gasteiger partial charge in [0.2, 0.25) is 0 Å². The lowest BCUT2D eigenvalue weighted by molar-refractivity contribution is 0.669. The molecule has 0 bridgehead atoms. The maximum Gasteiger partial charge on any atom is 0.164 e. The standard InChI is InChI=1S/C65H40N4O/c1-3-17-41(18-4-1)49-25-11-13-28-52(49)64-66-63(67-65(68-64)53-29-14-12-26-50(53)42-19-5-2-6-20-42)48-31-33-58(54(38-48)47-32-34-62-57(37-47)51-27-15-16-30-61(51)70-62)69-59-39-45-23-9-7-21-43(45)35-55(59)56-36-44-22-8-10-24-46(44)40-60(56)69/h1-40H. The largest absolute Gasteiger partial charge is 0.456 e. The maximum atomic E-state index is 6.40.